The van der Waals surface area contributed by atoms with Crippen molar-refractivity contribution in [3.8, 4) is 5.75 Å². The van der Waals surface area contributed by atoms with Crippen LogP contribution in [0.4, 0.5) is 19.3 Å². The third-order valence-electron chi connectivity index (χ3n) is 2.42. The average molecular weight is 272 g/mol. The number of alkyl halides is 2. The highest BCUT2D eigenvalue weighted by Gasteiger charge is 2.08. The van der Waals surface area contributed by atoms with Gasteiger partial charge in [0.15, 0.2) is 0 Å². The predicted molar refractivity (Wildman–Crippen MR) is 69.6 cm³/mol. The lowest BCUT2D eigenvalue weighted by atomic mass is 10.2. The van der Waals surface area contributed by atoms with E-state index in [1.165, 1.54) is 18.2 Å². The molecule has 0 spiro atoms. The van der Waals surface area contributed by atoms with Gasteiger partial charge in [0.1, 0.15) is 5.75 Å². The normalized spacial score (nSPS) is 12.1. The van der Waals surface area contributed by atoms with Gasteiger partial charge < -0.3 is 15.4 Å². The molecule has 0 aromatic heterocycles. The number of carbonyl (C=O) groups excluding carboxylic acids is 1. The maximum atomic E-state index is 12.0. The summed E-state index contributed by atoms with van der Waals surface area (Å²) in [7, 11) is 0. The number of hydrogen-bond donors (Lipinski definition) is 2. The molecular formula is C13H18F2N2O2. The molecule has 0 aliphatic carbocycles. The molecule has 2 N–H and O–H groups in total. The van der Waals surface area contributed by atoms with Crippen molar-refractivity contribution in [1.29, 1.82) is 0 Å². The highest BCUT2D eigenvalue weighted by Crippen LogP contribution is 2.19. The van der Waals surface area contributed by atoms with Gasteiger partial charge >= 0.3 is 12.6 Å². The van der Waals surface area contributed by atoms with Crippen LogP contribution in [0.2, 0.25) is 0 Å². The molecule has 0 fully saturated rings. The Morgan fingerprint density at radius 1 is 1.42 bits per heavy atom. The number of urea groups is 1. The maximum absolute atomic E-state index is 12.0. The van der Waals surface area contributed by atoms with Crippen molar-refractivity contribution in [3.63, 3.8) is 0 Å². The van der Waals surface area contributed by atoms with Gasteiger partial charge in [-0.1, -0.05) is 19.4 Å². The van der Waals surface area contributed by atoms with Gasteiger partial charge in [-0.25, -0.2) is 4.79 Å². The molecule has 0 unspecified atom stereocenters. The van der Waals surface area contributed by atoms with Gasteiger partial charge in [0.05, 0.1) is 0 Å². The van der Waals surface area contributed by atoms with Crippen molar-refractivity contribution in [2.75, 3.05) is 5.32 Å². The number of ether oxygens (including phenoxy) is 1. The Morgan fingerprint density at radius 3 is 2.79 bits per heavy atom. The van der Waals surface area contributed by atoms with Gasteiger partial charge in [-0.05, 0) is 25.5 Å². The van der Waals surface area contributed by atoms with Crippen LogP contribution >= 0.6 is 0 Å². The fraction of sp³-hybridized carbons (Fsp3) is 0.462. The van der Waals surface area contributed by atoms with E-state index >= 15 is 0 Å². The molecule has 4 nitrogen and oxygen atoms in total. The second-order valence-corrected chi connectivity index (χ2v) is 4.19. The van der Waals surface area contributed by atoms with Gasteiger partial charge in [0.25, 0.3) is 0 Å². The summed E-state index contributed by atoms with van der Waals surface area (Å²) < 4.78 is 28.4. The first-order valence-electron chi connectivity index (χ1n) is 6.13. The second kappa shape index (κ2) is 7.56. The van der Waals surface area contributed by atoms with E-state index in [0.29, 0.717) is 5.69 Å². The zero-order valence-corrected chi connectivity index (χ0v) is 11.0. The molecule has 0 saturated heterocycles. The van der Waals surface area contributed by atoms with Crippen LogP contribution in [0.1, 0.15) is 26.7 Å². The van der Waals surface area contributed by atoms with Crippen molar-refractivity contribution in [2.24, 2.45) is 0 Å². The van der Waals surface area contributed by atoms with Crippen molar-refractivity contribution in [3.05, 3.63) is 24.3 Å². The molecule has 0 heterocycles. The molecule has 0 aliphatic rings. The lowest BCUT2D eigenvalue weighted by molar-refractivity contribution is -0.0497. The van der Waals surface area contributed by atoms with E-state index in [1.54, 1.807) is 6.07 Å². The Balaban J connectivity index is 2.54. The molecule has 0 bridgehead atoms. The molecule has 2 amide bonds. The minimum absolute atomic E-state index is 0.00871. The van der Waals surface area contributed by atoms with Crippen LogP contribution in [-0.2, 0) is 0 Å². The van der Waals surface area contributed by atoms with Crippen LogP contribution in [-0.4, -0.2) is 18.7 Å². The molecule has 6 heteroatoms. The molecule has 19 heavy (non-hydrogen) atoms. The van der Waals surface area contributed by atoms with Crippen molar-refractivity contribution in [2.45, 2.75) is 39.3 Å². The fourth-order valence-electron chi connectivity index (χ4n) is 1.65. The van der Waals surface area contributed by atoms with E-state index < -0.39 is 6.61 Å². The van der Waals surface area contributed by atoms with E-state index in [2.05, 4.69) is 15.4 Å². The quantitative estimate of drug-likeness (QED) is 0.831. The first-order valence-corrected chi connectivity index (χ1v) is 6.13. The van der Waals surface area contributed by atoms with Gasteiger partial charge in [0.2, 0.25) is 0 Å². The zero-order valence-electron chi connectivity index (χ0n) is 11.0. The molecule has 0 saturated carbocycles. The minimum Gasteiger partial charge on any atom is -0.435 e. The average Bonchev–Trinajstić information content (AvgIpc) is 2.28. The Hall–Kier alpha value is -1.85. The number of benzene rings is 1. The summed E-state index contributed by atoms with van der Waals surface area (Å²) in [5, 5.41) is 5.32. The van der Waals surface area contributed by atoms with Crippen LogP contribution < -0.4 is 15.4 Å². The highest BCUT2D eigenvalue weighted by atomic mass is 19.3. The van der Waals surface area contributed by atoms with E-state index in [0.717, 1.165) is 12.8 Å². The van der Waals surface area contributed by atoms with Gasteiger partial charge in [-0.2, -0.15) is 8.78 Å². The number of carbonyl (C=O) groups is 1. The number of anilines is 1. The third-order valence-corrected chi connectivity index (χ3v) is 2.42. The lowest BCUT2D eigenvalue weighted by Gasteiger charge is -2.14. The number of nitrogens with one attached hydrogen (secondary N) is 2. The summed E-state index contributed by atoms with van der Waals surface area (Å²) in [4.78, 5) is 11.6. The van der Waals surface area contributed by atoms with E-state index in [-0.39, 0.29) is 17.8 Å². The number of amides is 2. The second-order valence-electron chi connectivity index (χ2n) is 4.19. The first kappa shape index (κ1) is 15.2. The number of hydrogen-bond acceptors (Lipinski definition) is 2. The SMILES string of the molecule is CCC[C@@H](C)NC(=O)Nc1cccc(OC(F)F)c1. The van der Waals surface area contributed by atoms with Crippen molar-refractivity contribution < 1.29 is 18.3 Å². The van der Waals surface area contributed by atoms with Gasteiger partial charge in [-0.3, -0.25) is 0 Å². The standard InChI is InChI=1S/C13H18F2N2O2/c1-3-5-9(2)16-13(18)17-10-6-4-7-11(8-10)19-12(14)15/h4,6-9,12H,3,5H2,1-2H3,(H2,16,17,18)/t9-/m1/s1. The Morgan fingerprint density at radius 2 is 2.16 bits per heavy atom. The Kier molecular flexibility index (Phi) is 6.05. The Bertz CT molecular complexity index is 413. The summed E-state index contributed by atoms with van der Waals surface area (Å²) in [6, 6.07) is 5.57. The summed E-state index contributed by atoms with van der Waals surface area (Å²) in [6.07, 6.45) is 1.85. The monoisotopic (exact) mass is 272 g/mol. The Labute approximate surface area is 111 Å². The highest BCUT2D eigenvalue weighted by molar-refractivity contribution is 5.89. The number of halogens is 2. The minimum atomic E-state index is -2.88. The molecule has 1 rings (SSSR count). The van der Waals surface area contributed by atoms with Crippen LogP contribution in [0.3, 0.4) is 0 Å². The summed E-state index contributed by atoms with van der Waals surface area (Å²) in [6.45, 7) is 1.05. The van der Waals surface area contributed by atoms with E-state index in [1.807, 2.05) is 13.8 Å². The number of rotatable bonds is 6. The predicted octanol–water partition coefficient (Wildman–Crippen LogP) is 3.60. The zero-order chi connectivity index (χ0) is 14.3. The summed E-state index contributed by atoms with van der Waals surface area (Å²) in [5.74, 6) is 0.00871. The van der Waals surface area contributed by atoms with Crippen molar-refractivity contribution in [1.82, 2.24) is 5.32 Å². The van der Waals surface area contributed by atoms with Crippen LogP contribution in [0.25, 0.3) is 0 Å². The van der Waals surface area contributed by atoms with Crippen LogP contribution in [0.5, 0.6) is 5.75 Å². The van der Waals surface area contributed by atoms with Gasteiger partial charge in [0, 0.05) is 17.8 Å². The van der Waals surface area contributed by atoms with Crippen LogP contribution in [0.15, 0.2) is 24.3 Å². The third kappa shape index (κ3) is 6.03. The van der Waals surface area contributed by atoms with E-state index in [9.17, 15) is 13.6 Å². The fourth-order valence-corrected chi connectivity index (χ4v) is 1.65. The molecule has 0 radical (unpaired) electrons. The topological polar surface area (TPSA) is 50.4 Å². The van der Waals surface area contributed by atoms with Crippen molar-refractivity contribution >= 4 is 11.7 Å². The summed E-state index contributed by atoms with van der Waals surface area (Å²) >= 11 is 0. The van der Waals surface area contributed by atoms with E-state index in [4.69, 9.17) is 0 Å². The molecular weight excluding hydrogens is 254 g/mol. The maximum Gasteiger partial charge on any atom is 0.387 e. The molecule has 1 aromatic rings. The largest absolute Gasteiger partial charge is 0.435 e. The molecule has 1 atom stereocenters. The summed E-state index contributed by atoms with van der Waals surface area (Å²) in [5.41, 5.74) is 0.402. The smallest absolute Gasteiger partial charge is 0.387 e. The first-order chi connectivity index (χ1) is 9.01. The molecule has 0 aliphatic heterocycles. The van der Waals surface area contributed by atoms with Gasteiger partial charge in [-0.15, -0.1) is 0 Å². The molecule has 1 aromatic carbocycles. The molecule has 106 valence electrons. The van der Waals surface area contributed by atoms with Crippen LogP contribution in [0, 0.1) is 0 Å². The lowest BCUT2D eigenvalue weighted by Crippen LogP contribution is -2.35.